The monoisotopic (exact) mass is 413 g/mol. The summed E-state index contributed by atoms with van der Waals surface area (Å²) in [6.45, 7) is 6.05. The number of anilines is 2. The summed E-state index contributed by atoms with van der Waals surface area (Å²) < 4.78 is 14.3. The second kappa shape index (κ2) is 8.13. The van der Waals surface area contributed by atoms with Crippen LogP contribution < -0.4 is 10.6 Å². The molecule has 8 heteroatoms. The molecule has 0 aliphatic rings. The van der Waals surface area contributed by atoms with Gasteiger partial charge in [0, 0.05) is 36.2 Å². The lowest BCUT2D eigenvalue weighted by atomic mass is 9.88. The van der Waals surface area contributed by atoms with Gasteiger partial charge in [-0.2, -0.15) is 0 Å². The third-order valence-corrected chi connectivity index (χ3v) is 4.55. The lowest BCUT2D eigenvalue weighted by molar-refractivity contribution is 0.0963. The summed E-state index contributed by atoms with van der Waals surface area (Å²) >= 11 is 6.02. The van der Waals surface area contributed by atoms with Crippen LogP contribution in [-0.2, 0) is 5.41 Å². The quantitative estimate of drug-likeness (QED) is 0.646. The van der Waals surface area contributed by atoms with E-state index in [1.165, 1.54) is 24.4 Å². The molecule has 3 rings (SSSR count). The minimum absolute atomic E-state index is 0.191. The van der Waals surface area contributed by atoms with Crippen LogP contribution in [0.1, 0.15) is 36.7 Å². The Kier molecular flexibility index (Phi) is 5.79. The summed E-state index contributed by atoms with van der Waals surface area (Å²) in [5.41, 5.74) is 1.60. The summed E-state index contributed by atoms with van der Waals surface area (Å²) in [6.07, 6.45) is 4.70. The maximum Gasteiger partial charge on any atom is 0.254 e. The van der Waals surface area contributed by atoms with Crippen molar-refractivity contribution in [2.24, 2.45) is 0 Å². The van der Waals surface area contributed by atoms with Crippen molar-refractivity contribution in [3.05, 3.63) is 64.8 Å². The number of aromatic nitrogens is 3. The Morgan fingerprint density at radius 2 is 1.93 bits per heavy atom. The van der Waals surface area contributed by atoms with Crippen LogP contribution in [0, 0.1) is 5.82 Å². The van der Waals surface area contributed by atoms with E-state index in [4.69, 9.17) is 11.6 Å². The van der Waals surface area contributed by atoms with Gasteiger partial charge in [0.1, 0.15) is 11.6 Å². The van der Waals surface area contributed by atoms with Gasteiger partial charge < -0.3 is 10.6 Å². The average molecular weight is 414 g/mol. The molecular weight excluding hydrogens is 393 g/mol. The highest BCUT2D eigenvalue weighted by molar-refractivity contribution is 6.30. The number of nitrogens with one attached hydrogen (secondary N) is 2. The number of nitrogens with zero attached hydrogens (tertiary/aromatic N) is 3. The van der Waals surface area contributed by atoms with E-state index in [0.717, 1.165) is 5.56 Å². The number of rotatable bonds is 4. The molecular formula is C21H21ClFN5O. The largest absolute Gasteiger partial charge is 0.355 e. The molecule has 2 heterocycles. The van der Waals surface area contributed by atoms with Gasteiger partial charge in [-0.3, -0.25) is 9.78 Å². The lowest BCUT2D eigenvalue weighted by Crippen LogP contribution is -2.20. The third-order valence-electron chi connectivity index (χ3n) is 4.31. The fraction of sp³-hybridized carbons (Fsp3) is 0.238. The van der Waals surface area contributed by atoms with Crippen LogP contribution in [0.15, 0.2) is 42.9 Å². The first kappa shape index (κ1) is 20.7. The van der Waals surface area contributed by atoms with Crippen molar-refractivity contribution in [1.29, 1.82) is 0 Å². The van der Waals surface area contributed by atoms with Gasteiger partial charge in [-0.15, -0.1) is 0 Å². The summed E-state index contributed by atoms with van der Waals surface area (Å²) in [7, 11) is 1.55. The van der Waals surface area contributed by atoms with Crippen molar-refractivity contribution in [2.75, 3.05) is 12.4 Å². The molecule has 0 bridgehead atoms. The Morgan fingerprint density at radius 1 is 1.17 bits per heavy atom. The zero-order valence-electron chi connectivity index (χ0n) is 16.5. The second-order valence-corrected chi connectivity index (χ2v) is 7.89. The number of amides is 1. The molecule has 0 aliphatic carbocycles. The molecule has 3 aromatic rings. The molecule has 29 heavy (non-hydrogen) atoms. The fourth-order valence-corrected chi connectivity index (χ4v) is 2.94. The van der Waals surface area contributed by atoms with E-state index >= 15 is 0 Å². The average Bonchev–Trinajstić information content (AvgIpc) is 2.68. The summed E-state index contributed by atoms with van der Waals surface area (Å²) in [5, 5.41) is 6.17. The first-order valence-electron chi connectivity index (χ1n) is 8.96. The van der Waals surface area contributed by atoms with E-state index in [-0.39, 0.29) is 22.7 Å². The smallest absolute Gasteiger partial charge is 0.254 e. The Balaban J connectivity index is 2.14. The minimum atomic E-state index is -0.473. The van der Waals surface area contributed by atoms with Gasteiger partial charge in [0.25, 0.3) is 5.91 Å². The first-order valence-corrected chi connectivity index (χ1v) is 9.34. The maximum absolute atomic E-state index is 14.3. The molecule has 0 saturated carbocycles. The molecule has 2 N–H and O–H groups in total. The molecule has 0 aliphatic heterocycles. The van der Waals surface area contributed by atoms with Crippen LogP contribution in [0.3, 0.4) is 0 Å². The zero-order valence-corrected chi connectivity index (χ0v) is 17.3. The number of pyridine rings is 1. The molecule has 6 nitrogen and oxygen atoms in total. The van der Waals surface area contributed by atoms with Crippen molar-refractivity contribution in [1.82, 2.24) is 20.3 Å². The molecule has 1 aromatic carbocycles. The molecule has 0 saturated heterocycles. The molecule has 1 amide bonds. The van der Waals surface area contributed by atoms with Crippen molar-refractivity contribution in [3.8, 4) is 11.4 Å². The minimum Gasteiger partial charge on any atom is -0.355 e. The van der Waals surface area contributed by atoms with Gasteiger partial charge in [0.15, 0.2) is 5.82 Å². The highest BCUT2D eigenvalue weighted by Crippen LogP contribution is 2.33. The highest BCUT2D eigenvalue weighted by atomic mass is 35.5. The van der Waals surface area contributed by atoms with Crippen LogP contribution in [-0.4, -0.2) is 27.9 Å². The second-order valence-electron chi connectivity index (χ2n) is 7.46. The number of carbonyl (C=O) groups excluding carboxylic acids is 1. The van der Waals surface area contributed by atoms with Crippen molar-refractivity contribution in [3.63, 3.8) is 0 Å². The van der Waals surface area contributed by atoms with Crippen molar-refractivity contribution >= 4 is 29.0 Å². The van der Waals surface area contributed by atoms with E-state index in [1.807, 2.05) is 20.8 Å². The first-order chi connectivity index (χ1) is 13.7. The van der Waals surface area contributed by atoms with E-state index in [0.29, 0.717) is 22.1 Å². The molecule has 0 spiro atoms. The molecule has 0 unspecified atom stereocenters. The molecule has 0 fully saturated rings. The Hall–Kier alpha value is -3.06. The number of hydrogen-bond donors (Lipinski definition) is 2. The molecule has 0 atom stereocenters. The van der Waals surface area contributed by atoms with E-state index in [1.54, 1.807) is 25.5 Å². The Labute approximate surface area is 173 Å². The van der Waals surface area contributed by atoms with Crippen LogP contribution >= 0.6 is 11.6 Å². The summed E-state index contributed by atoms with van der Waals surface area (Å²) in [5.74, 6) is -0.0961. The Morgan fingerprint density at radius 3 is 2.62 bits per heavy atom. The third kappa shape index (κ3) is 4.51. The van der Waals surface area contributed by atoms with Crippen LogP contribution in [0.5, 0.6) is 0 Å². The summed E-state index contributed by atoms with van der Waals surface area (Å²) in [4.78, 5) is 25.1. The van der Waals surface area contributed by atoms with E-state index in [9.17, 15) is 9.18 Å². The van der Waals surface area contributed by atoms with Gasteiger partial charge in [-0.05, 0) is 29.7 Å². The van der Waals surface area contributed by atoms with Gasteiger partial charge in [0.05, 0.1) is 16.8 Å². The van der Waals surface area contributed by atoms with Crippen LogP contribution in [0.25, 0.3) is 11.4 Å². The molecule has 0 radical (unpaired) electrons. The number of benzene rings is 1. The topological polar surface area (TPSA) is 79.8 Å². The SMILES string of the molecule is CNC(=O)c1cnccc1Nc1nc(-c2cc(Cl)ccc2F)ncc1C(C)(C)C. The summed E-state index contributed by atoms with van der Waals surface area (Å²) in [6, 6.07) is 5.90. The predicted octanol–water partition coefficient (Wildman–Crippen LogP) is 4.73. The van der Waals surface area contributed by atoms with Gasteiger partial charge >= 0.3 is 0 Å². The highest BCUT2D eigenvalue weighted by Gasteiger charge is 2.23. The van der Waals surface area contributed by atoms with Crippen LogP contribution in [0.2, 0.25) is 5.02 Å². The normalized spacial score (nSPS) is 11.2. The number of halogens is 2. The van der Waals surface area contributed by atoms with E-state index < -0.39 is 5.82 Å². The van der Waals surface area contributed by atoms with Crippen LogP contribution in [0.4, 0.5) is 15.9 Å². The Bertz CT molecular complexity index is 1070. The molecule has 150 valence electrons. The van der Waals surface area contributed by atoms with Crippen molar-refractivity contribution < 1.29 is 9.18 Å². The molecule has 2 aromatic heterocycles. The fourth-order valence-electron chi connectivity index (χ4n) is 2.77. The standard InChI is InChI=1S/C21H21ClFN5O/c1-21(2,3)15-11-26-18(13-9-12(22)5-6-16(13)23)28-19(15)27-17-7-8-25-10-14(17)20(29)24-4/h5-11H,1-4H3,(H,24,29)(H,25,26,27,28). The number of carbonyl (C=O) groups is 1. The zero-order chi connectivity index (χ0) is 21.2. The van der Waals surface area contributed by atoms with Gasteiger partial charge in [0.2, 0.25) is 0 Å². The number of hydrogen-bond acceptors (Lipinski definition) is 5. The predicted molar refractivity (Wildman–Crippen MR) is 112 cm³/mol. The van der Waals surface area contributed by atoms with Crippen molar-refractivity contribution in [2.45, 2.75) is 26.2 Å². The van der Waals surface area contributed by atoms with Gasteiger partial charge in [-0.1, -0.05) is 32.4 Å². The van der Waals surface area contributed by atoms with Gasteiger partial charge in [-0.25, -0.2) is 14.4 Å². The van der Waals surface area contributed by atoms with E-state index in [2.05, 4.69) is 25.6 Å². The maximum atomic E-state index is 14.3. The lowest BCUT2D eigenvalue weighted by Gasteiger charge is -2.23.